The molecule has 2 saturated heterocycles. The smallest absolute Gasteiger partial charge is 0.376 e. The summed E-state index contributed by atoms with van der Waals surface area (Å²) in [5, 5.41) is 21.5. The highest BCUT2D eigenvalue weighted by atomic mass is 32.2. The van der Waals surface area contributed by atoms with Crippen molar-refractivity contribution in [1.82, 2.24) is 20.0 Å². The lowest BCUT2D eigenvalue weighted by atomic mass is 9.78. The topological polar surface area (TPSA) is 74.2 Å². The van der Waals surface area contributed by atoms with E-state index >= 15 is 0 Å². The lowest BCUT2D eigenvalue weighted by molar-refractivity contribution is 0.106. The number of alkyl halides is 1. The summed E-state index contributed by atoms with van der Waals surface area (Å²) in [6.07, 6.45) is 4.84. The zero-order valence-corrected chi connectivity index (χ0v) is 12.9. The highest BCUT2D eigenvalue weighted by Crippen LogP contribution is 2.38. The molecule has 9 heteroatoms. The molecule has 2 unspecified atom stereocenters. The van der Waals surface area contributed by atoms with Gasteiger partial charge in [0.15, 0.2) is 5.82 Å². The summed E-state index contributed by atoms with van der Waals surface area (Å²) in [6.45, 7) is 1.71. The third-order valence-corrected chi connectivity index (χ3v) is 4.92. The first-order valence-electron chi connectivity index (χ1n) is 7.20. The van der Waals surface area contributed by atoms with Crippen molar-refractivity contribution in [2.45, 2.75) is 55.5 Å². The number of hydrogen-bond donors (Lipinski definition) is 2. The first-order chi connectivity index (χ1) is 10.1. The molecule has 6 nitrogen and oxygen atoms in total. The fourth-order valence-corrected chi connectivity index (χ4v) is 3.80. The van der Waals surface area contributed by atoms with Gasteiger partial charge in [0.25, 0.3) is 0 Å². The van der Waals surface area contributed by atoms with E-state index in [1.807, 2.05) is 11.1 Å². The first-order valence-corrected chi connectivity index (χ1v) is 8.42. The quantitative estimate of drug-likeness (QED) is 0.636. The molecule has 2 aliphatic rings. The average Bonchev–Trinajstić information content (AvgIpc) is 2.83. The van der Waals surface area contributed by atoms with E-state index in [9.17, 15) is 9.41 Å². The molecule has 3 heterocycles. The maximum atomic E-state index is 14.7. The van der Waals surface area contributed by atoms with Crippen LogP contribution in [0.2, 0.25) is 6.82 Å². The van der Waals surface area contributed by atoms with E-state index in [1.165, 1.54) is 11.8 Å². The van der Waals surface area contributed by atoms with Crippen LogP contribution in [0.4, 0.5) is 10.2 Å². The highest BCUT2D eigenvalue weighted by Gasteiger charge is 2.49. The summed E-state index contributed by atoms with van der Waals surface area (Å²) in [6, 6.07) is -0.285. The summed E-state index contributed by atoms with van der Waals surface area (Å²) in [5.74, 6) is 0.505. The van der Waals surface area contributed by atoms with E-state index in [1.54, 1.807) is 13.0 Å². The van der Waals surface area contributed by atoms with Crippen LogP contribution in [0.5, 0.6) is 0 Å². The Morgan fingerprint density at radius 3 is 2.90 bits per heavy atom. The van der Waals surface area contributed by atoms with Crippen LogP contribution in [0.3, 0.4) is 0 Å². The van der Waals surface area contributed by atoms with E-state index < -0.39 is 13.2 Å². The third kappa shape index (κ3) is 2.86. The maximum Gasteiger partial charge on any atom is 0.376 e. The lowest BCUT2D eigenvalue weighted by Crippen LogP contribution is -2.59. The van der Waals surface area contributed by atoms with Crippen LogP contribution in [0, 0.1) is 0 Å². The van der Waals surface area contributed by atoms with Gasteiger partial charge in [0.1, 0.15) is 6.17 Å². The lowest BCUT2D eigenvalue weighted by Gasteiger charge is -2.42. The Morgan fingerprint density at radius 1 is 1.48 bits per heavy atom. The molecule has 0 amide bonds. The number of anilines is 1. The normalized spacial score (nSPS) is 32.2. The average molecular weight is 311 g/mol. The van der Waals surface area contributed by atoms with Gasteiger partial charge in [0, 0.05) is 12.1 Å². The minimum absolute atomic E-state index is 0.215. The van der Waals surface area contributed by atoms with Crippen molar-refractivity contribution < 1.29 is 9.41 Å². The number of nitrogens with one attached hydrogen (secondary N) is 1. The summed E-state index contributed by atoms with van der Waals surface area (Å²) in [4.78, 5) is 6.04. The molecule has 0 spiro atoms. The van der Waals surface area contributed by atoms with Gasteiger partial charge in [0.2, 0.25) is 5.16 Å². The van der Waals surface area contributed by atoms with E-state index in [0.29, 0.717) is 17.4 Å². The van der Waals surface area contributed by atoms with Crippen molar-refractivity contribution in [2.24, 2.45) is 0 Å². The maximum absolute atomic E-state index is 14.7. The van der Waals surface area contributed by atoms with Crippen molar-refractivity contribution >= 4 is 24.6 Å². The molecule has 114 valence electrons. The minimum atomic E-state index is -1.03. The number of hydrogen-bond acceptors (Lipinski definition) is 7. The number of piperidine rings is 1. The standard InChI is InChI=1S/C12H19BFN5OS/c1-13(20)19-7-3-4-9(19)11(14)8(5-7)16-10-6-15-12(21-2)18-17-10/h6-9,11,20H,3-5H2,1-2H3,(H,16,17)/t7?,8-,9?,11-/m1/s1. The van der Waals surface area contributed by atoms with E-state index in [4.69, 9.17) is 0 Å². The second-order valence-corrected chi connectivity index (χ2v) is 6.41. The molecule has 2 aliphatic heterocycles. The Bertz CT molecular complexity index is 493. The molecule has 4 atom stereocenters. The molecular formula is C12H19BFN5OS. The molecule has 1 aromatic heterocycles. The van der Waals surface area contributed by atoms with Crippen molar-refractivity contribution in [3.05, 3.63) is 6.20 Å². The van der Waals surface area contributed by atoms with E-state index in [0.717, 1.165) is 12.8 Å². The fourth-order valence-electron chi connectivity index (χ4n) is 3.52. The van der Waals surface area contributed by atoms with Crippen molar-refractivity contribution in [3.63, 3.8) is 0 Å². The summed E-state index contributed by atoms with van der Waals surface area (Å²) in [7, 11) is -0.593. The van der Waals surface area contributed by atoms with E-state index in [-0.39, 0.29) is 18.1 Å². The number of rotatable bonds is 4. The molecule has 3 rings (SSSR count). The van der Waals surface area contributed by atoms with Crippen molar-refractivity contribution in [1.29, 1.82) is 0 Å². The molecule has 0 saturated carbocycles. The molecule has 1 aromatic rings. The van der Waals surface area contributed by atoms with Gasteiger partial charge in [-0.05, 0) is 32.3 Å². The van der Waals surface area contributed by atoms with Gasteiger partial charge in [-0.3, -0.25) is 0 Å². The Kier molecular flexibility index (Phi) is 4.32. The number of nitrogens with zero attached hydrogens (tertiary/aromatic N) is 4. The molecule has 0 radical (unpaired) electrons. The van der Waals surface area contributed by atoms with Gasteiger partial charge < -0.3 is 15.2 Å². The second-order valence-electron chi connectivity index (χ2n) is 5.64. The molecule has 2 bridgehead atoms. The fraction of sp³-hybridized carbons (Fsp3) is 0.750. The van der Waals surface area contributed by atoms with Crippen LogP contribution in [0.15, 0.2) is 11.4 Å². The summed E-state index contributed by atoms with van der Waals surface area (Å²) in [5.41, 5.74) is 0. The Hall–Kier alpha value is -0.925. The van der Waals surface area contributed by atoms with Crippen LogP contribution < -0.4 is 5.32 Å². The Labute approximate surface area is 128 Å². The predicted octanol–water partition coefficient (Wildman–Crippen LogP) is 1.06. The van der Waals surface area contributed by atoms with Gasteiger partial charge in [-0.1, -0.05) is 11.8 Å². The van der Waals surface area contributed by atoms with Gasteiger partial charge in [-0.15, -0.1) is 10.2 Å². The molecule has 2 N–H and O–H groups in total. The molecular weight excluding hydrogens is 292 g/mol. The van der Waals surface area contributed by atoms with Gasteiger partial charge >= 0.3 is 7.05 Å². The molecule has 2 fully saturated rings. The molecule has 21 heavy (non-hydrogen) atoms. The summed E-state index contributed by atoms with van der Waals surface area (Å²) < 4.78 is 14.7. The van der Waals surface area contributed by atoms with Crippen LogP contribution in [0.1, 0.15) is 19.3 Å². The molecule has 0 aromatic carbocycles. The highest BCUT2D eigenvalue weighted by molar-refractivity contribution is 7.98. The monoisotopic (exact) mass is 311 g/mol. The predicted molar refractivity (Wildman–Crippen MR) is 81.0 cm³/mol. The van der Waals surface area contributed by atoms with Crippen LogP contribution in [-0.2, 0) is 0 Å². The second kappa shape index (κ2) is 6.06. The van der Waals surface area contributed by atoms with Gasteiger partial charge in [0.05, 0.1) is 12.2 Å². The number of aromatic nitrogens is 3. The van der Waals surface area contributed by atoms with Gasteiger partial charge in [-0.2, -0.15) is 0 Å². The van der Waals surface area contributed by atoms with Crippen molar-refractivity contribution in [2.75, 3.05) is 11.6 Å². The van der Waals surface area contributed by atoms with Gasteiger partial charge in [-0.25, -0.2) is 9.37 Å². The number of thioether (sulfide) groups is 1. The number of fused-ring (bicyclic) bond motifs is 2. The van der Waals surface area contributed by atoms with Crippen LogP contribution >= 0.6 is 11.8 Å². The van der Waals surface area contributed by atoms with Crippen LogP contribution in [0.25, 0.3) is 0 Å². The number of halogens is 1. The third-order valence-electron chi connectivity index (χ3n) is 4.37. The zero-order chi connectivity index (χ0) is 15.0. The Morgan fingerprint density at radius 2 is 2.29 bits per heavy atom. The minimum Gasteiger partial charge on any atom is -0.437 e. The van der Waals surface area contributed by atoms with Crippen LogP contribution in [-0.4, -0.2) is 62.6 Å². The molecule has 0 aliphatic carbocycles. The van der Waals surface area contributed by atoms with E-state index in [2.05, 4.69) is 20.5 Å². The summed E-state index contributed by atoms with van der Waals surface area (Å²) >= 11 is 1.42. The largest absolute Gasteiger partial charge is 0.437 e. The SMILES string of the molecule is CSc1ncc(N[C@@H]2CC3CCC([C@@H]2F)N3B(C)O)nn1. The Balaban J connectivity index is 1.70. The first kappa shape index (κ1) is 15.0. The zero-order valence-electron chi connectivity index (χ0n) is 12.1. The van der Waals surface area contributed by atoms with Crippen molar-refractivity contribution in [3.8, 4) is 0 Å².